The summed E-state index contributed by atoms with van der Waals surface area (Å²) in [5, 5.41) is 0. The number of aromatic nitrogens is 2. The molecule has 3 rings (SSSR count). The predicted octanol–water partition coefficient (Wildman–Crippen LogP) is 3.59. The van der Waals surface area contributed by atoms with Gasteiger partial charge in [0.2, 0.25) is 0 Å². The molecule has 1 radical (unpaired) electrons. The first-order valence-electron chi connectivity index (χ1n) is 6.56. The topological polar surface area (TPSA) is 35.0 Å². The Labute approximate surface area is 118 Å². The van der Waals surface area contributed by atoms with E-state index in [0.717, 1.165) is 34.3 Å². The minimum atomic E-state index is 0.533. The summed E-state index contributed by atoms with van der Waals surface area (Å²) < 4.78 is 5.74. The van der Waals surface area contributed by atoms with Crippen LogP contribution in [0.4, 0.5) is 0 Å². The van der Waals surface area contributed by atoms with E-state index in [4.69, 9.17) is 4.74 Å². The van der Waals surface area contributed by atoms with Crippen LogP contribution in [0.2, 0.25) is 0 Å². The molecule has 3 heteroatoms. The van der Waals surface area contributed by atoms with Crippen molar-refractivity contribution in [2.24, 2.45) is 0 Å². The lowest BCUT2D eigenvalue weighted by molar-refractivity contribution is 0.305. The molecule has 0 aliphatic carbocycles. The molecule has 2 aromatic heterocycles. The number of hydrogen-bond donors (Lipinski definition) is 0. The lowest BCUT2D eigenvalue weighted by Crippen LogP contribution is -1.96. The van der Waals surface area contributed by atoms with Gasteiger partial charge in [0.15, 0.2) is 0 Å². The van der Waals surface area contributed by atoms with E-state index >= 15 is 0 Å². The summed E-state index contributed by atoms with van der Waals surface area (Å²) in [6.07, 6.45) is 4.29. The van der Waals surface area contributed by atoms with E-state index in [1.165, 1.54) is 0 Å². The van der Waals surface area contributed by atoms with Crippen molar-refractivity contribution in [2.45, 2.75) is 13.0 Å². The zero-order chi connectivity index (χ0) is 13.8. The highest BCUT2D eigenvalue weighted by atomic mass is 16.5. The van der Waals surface area contributed by atoms with Crippen LogP contribution in [0.1, 0.15) is 11.1 Å². The molecule has 0 atom stereocenters. The van der Waals surface area contributed by atoms with Crippen LogP contribution in [0, 0.1) is 6.92 Å². The predicted molar refractivity (Wildman–Crippen MR) is 79.4 cm³/mol. The first kappa shape index (κ1) is 12.6. The van der Waals surface area contributed by atoms with Gasteiger partial charge < -0.3 is 4.74 Å². The molecule has 0 aliphatic heterocycles. The Bertz CT molecular complexity index is 711. The maximum atomic E-state index is 5.74. The summed E-state index contributed by atoms with van der Waals surface area (Å²) >= 11 is 0. The third-order valence-electron chi connectivity index (χ3n) is 3.10. The Kier molecular flexibility index (Phi) is 3.59. The normalized spacial score (nSPS) is 10.7. The van der Waals surface area contributed by atoms with Crippen molar-refractivity contribution in [1.82, 2.24) is 9.97 Å². The molecule has 0 unspecified atom stereocenters. The van der Waals surface area contributed by atoms with E-state index in [9.17, 15) is 0 Å². The smallest absolute Gasteiger partial charge is 0.140 e. The van der Waals surface area contributed by atoms with E-state index in [1.54, 1.807) is 6.20 Å². The van der Waals surface area contributed by atoms with Crippen LogP contribution in [0.15, 0.2) is 54.9 Å². The van der Waals surface area contributed by atoms with Crippen molar-refractivity contribution in [3.05, 3.63) is 72.9 Å². The molecule has 2 heterocycles. The summed E-state index contributed by atoms with van der Waals surface area (Å²) in [4.78, 5) is 8.77. The van der Waals surface area contributed by atoms with Crippen molar-refractivity contribution in [3.63, 3.8) is 0 Å². The van der Waals surface area contributed by atoms with Crippen molar-refractivity contribution in [1.29, 1.82) is 0 Å². The zero-order valence-corrected chi connectivity index (χ0v) is 11.1. The number of ether oxygens (including phenoxy) is 1. The monoisotopic (exact) mass is 263 g/mol. The quantitative estimate of drug-likeness (QED) is 0.721. The molecule has 0 aliphatic rings. The van der Waals surface area contributed by atoms with E-state index in [0.29, 0.717) is 6.61 Å². The van der Waals surface area contributed by atoms with Gasteiger partial charge in [0, 0.05) is 12.3 Å². The van der Waals surface area contributed by atoms with Gasteiger partial charge in [-0.25, -0.2) is 0 Å². The summed E-state index contributed by atoms with van der Waals surface area (Å²) in [5.41, 5.74) is 3.93. The fourth-order valence-corrected chi connectivity index (χ4v) is 1.98. The van der Waals surface area contributed by atoms with Crippen LogP contribution in [-0.2, 0) is 13.0 Å². The van der Waals surface area contributed by atoms with Crippen molar-refractivity contribution < 1.29 is 4.74 Å². The van der Waals surface area contributed by atoms with Gasteiger partial charge >= 0.3 is 0 Å². The Morgan fingerprint density at radius 1 is 0.900 bits per heavy atom. The summed E-state index contributed by atoms with van der Waals surface area (Å²) in [7, 11) is 0. The number of pyridine rings is 2. The standard InChI is InChI=1S/C17H15N2O/c1-2-13-8-16-17(18-10-13)9-15(11-19-16)20-12-14-6-4-3-5-7-14/h3-11H,1-2,12H2. The number of fused-ring (bicyclic) bond motifs is 1. The number of hydrogen-bond acceptors (Lipinski definition) is 3. The summed E-state index contributed by atoms with van der Waals surface area (Å²) in [6.45, 7) is 4.38. The van der Waals surface area contributed by atoms with Crippen molar-refractivity contribution >= 4 is 11.0 Å². The maximum absolute atomic E-state index is 5.74. The van der Waals surface area contributed by atoms with Gasteiger partial charge in [0.1, 0.15) is 12.4 Å². The van der Waals surface area contributed by atoms with Gasteiger partial charge in [-0.1, -0.05) is 30.3 Å². The van der Waals surface area contributed by atoms with E-state index in [1.807, 2.05) is 48.7 Å². The fourth-order valence-electron chi connectivity index (χ4n) is 1.98. The Morgan fingerprint density at radius 2 is 1.65 bits per heavy atom. The minimum Gasteiger partial charge on any atom is -0.487 e. The molecule has 0 fully saturated rings. The first-order chi connectivity index (χ1) is 9.85. The largest absolute Gasteiger partial charge is 0.487 e. The molecule has 99 valence electrons. The number of nitrogens with zero attached hydrogens (tertiary/aromatic N) is 2. The molecule has 1 aromatic carbocycles. The summed E-state index contributed by atoms with van der Waals surface area (Å²) in [6, 6.07) is 14.0. The average Bonchev–Trinajstić information content (AvgIpc) is 2.53. The van der Waals surface area contributed by atoms with Crippen molar-refractivity contribution in [2.75, 3.05) is 0 Å². The summed E-state index contributed by atoms with van der Waals surface area (Å²) in [5.74, 6) is 0.733. The molecule has 0 bridgehead atoms. The second-order valence-electron chi connectivity index (χ2n) is 4.58. The zero-order valence-electron chi connectivity index (χ0n) is 11.1. The van der Waals surface area contributed by atoms with Crippen LogP contribution in [0.3, 0.4) is 0 Å². The molecule has 0 saturated carbocycles. The highest BCUT2D eigenvalue weighted by molar-refractivity contribution is 5.75. The van der Waals surface area contributed by atoms with E-state index in [2.05, 4.69) is 16.9 Å². The second-order valence-corrected chi connectivity index (χ2v) is 4.58. The molecule has 3 nitrogen and oxygen atoms in total. The highest BCUT2D eigenvalue weighted by Crippen LogP contribution is 2.18. The van der Waals surface area contributed by atoms with Crippen LogP contribution in [-0.4, -0.2) is 9.97 Å². The molecule has 20 heavy (non-hydrogen) atoms. The Hall–Kier alpha value is -2.42. The lowest BCUT2D eigenvalue weighted by atomic mass is 10.2. The first-order valence-corrected chi connectivity index (χ1v) is 6.56. The van der Waals surface area contributed by atoms with Gasteiger partial charge in [-0.05, 0) is 30.5 Å². The van der Waals surface area contributed by atoms with E-state index in [-0.39, 0.29) is 0 Å². The molecule has 3 aromatic rings. The number of benzene rings is 1. The van der Waals surface area contributed by atoms with Crippen LogP contribution >= 0.6 is 0 Å². The van der Waals surface area contributed by atoms with Gasteiger partial charge in [0.05, 0.1) is 17.2 Å². The molecule has 0 amide bonds. The van der Waals surface area contributed by atoms with E-state index < -0.39 is 0 Å². The van der Waals surface area contributed by atoms with Gasteiger partial charge in [-0.2, -0.15) is 0 Å². The van der Waals surface area contributed by atoms with Gasteiger partial charge in [0.25, 0.3) is 0 Å². The van der Waals surface area contributed by atoms with Crippen LogP contribution in [0.25, 0.3) is 11.0 Å². The van der Waals surface area contributed by atoms with Crippen molar-refractivity contribution in [3.8, 4) is 5.75 Å². The number of rotatable bonds is 4. The molecular formula is C17H15N2O. The molecule has 0 spiro atoms. The SMILES string of the molecule is [CH2]Cc1cnc2cc(OCc3ccccc3)cnc2c1. The molecule has 0 saturated heterocycles. The maximum Gasteiger partial charge on any atom is 0.140 e. The van der Waals surface area contributed by atoms with Crippen LogP contribution in [0.5, 0.6) is 5.75 Å². The molecular weight excluding hydrogens is 248 g/mol. The van der Waals surface area contributed by atoms with Gasteiger partial charge in [-0.15, -0.1) is 0 Å². The lowest BCUT2D eigenvalue weighted by Gasteiger charge is -2.07. The fraction of sp³-hybridized carbons (Fsp3) is 0.118. The Balaban J connectivity index is 1.79. The third kappa shape index (κ3) is 2.77. The highest BCUT2D eigenvalue weighted by Gasteiger charge is 2.02. The van der Waals surface area contributed by atoms with Crippen LogP contribution < -0.4 is 4.74 Å². The second kappa shape index (κ2) is 5.70. The Morgan fingerprint density at radius 3 is 2.45 bits per heavy atom. The molecule has 0 N–H and O–H groups in total. The minimum absolute atomic E-state index is 0.533. The third-order valence-corrected chi connectivity index (χ3v) is 3.10. The average molecular weight is 263 g/mol. The van der Waals surface area contributed by atoms with Gasteiger partial charge in [-0.3, -0.25) is 9.97 Å².